The highest BCUT2D eigenvalue weighted by atomic mass is 35.5. The van der Waals surface area contributed by atoms with E-state index in [1.54, 1.807) is 4.68 Å². The van der Waals surface area contributed by atoms with E-state index in [0.717, 1.165) is 16.8 Å². The van der Waals surface area contributed by atoms with Crippen LogP contribution in [-0.4, -0.2) is 30.4 Å². The molecule has 0 radical (unpaired) electrons. The number of nitrogens with zero attached hydrogens (tertiary/aromatic N) is 5. The lowest BCUT2D eigenvalue weighted by Crippen LogP contribution is -1.94. The van der Waals surface area contributed by atoms with Crippen molar-refractivity contribution < 1.29 is 0 Å². The van der Waals surface area contributed by atoms with Crippen LogP contribution in [0.25, 0.3) is 28.3 Å². The molecule has 0 saturated heterocycles. The lowest BCUT2D eigenvalue weighted by atomic mass is 10.1. The summed E-state index contributed by atoms with van der Waals surface area (Å²) in [6.07, 6.45) is 1.87. The predicted octanol–water partition coefficient (Wildman–Crippen LogP) is 3.37. The molecule has 0 atom stereocenters. The van der Waals surface area contributed by atoms with Crippen LogP contribution in [0.15, 0.2) is 60.8 Å². The number of aromatic amines is 1. The van der Waals surface area contributed by atoms with Gasteiger partial charge in [-0.1, -0.05) is 48.0 Å². The first kappa shape index (κ1) is 13.7. The van der Waals surface area contributed by atoms with Crippen LogP contribution in [0, 0.1) is 0 Å². The molecule has 0 spiro atoms. The highest BCUT2D eigenvalue weighted by molar-refractivity contribution is 6.33. The number of H-pyrrole nitrogens is 1. The molecule has 0 aliphatic heterocycles. The molecule has 0 aliphatic carbocycles. The predicted molar refractivity (Wildman–Crippen MR) is 87.2 cm³/mol. The van der Waals surface area contributed by atoms with Crippen molar-refractivity contribution in [3.8, 4) is 28.3 Å². The zero-order valence-electron chi connectivity index (χ0n) is 11.9. The first-order valence-corrected chi connectivity index (χ1v) is 7.34. The Hall–Kier alpha value is -2.99. The molecule has 4 aromatic rings. The largest absolute Gasteiger partial charge is 0.240 e. The van der Waals surface area contributed by atoms with E-state index in [-0.39, 0.29) is 0 Å². The van der Waals surface area contributed by atoms with Gasteiger partial charge in [0.25, 0.3) is 0 Å². The summed E-state index contributed by atoms with van der Waals surface area (Å²) in [6, 6.07) is 17.4. The molecule has 6 nitrogen and oxygen atoms in total. The zero-order chi connectivity index (χ0) is 15.6. The molecule has 2 heterocycles. The van der Waals surface area contributed by atoms with Crippen LogP contribution < -0.4 is 0 Å². The second-order valence-electron chi connectivity index (χ2n) is 4.89. The van der Waals surface area contributed by atoms with Crippen LogP contribution in [0.4, 0.5) is 0 Å². The molecule has 2 aromatic carbocycles. The Morgan fingerprint density at radius 2 is 1.70 bits per heavy atom. The number of tetrazole rings is 1. The monoisotopic (exact) mass is 322 g/mol. The van der Waals surface area contributed by atoms with Gasteiger partial charge in [0, 0.05) is 11.8 Å². The molecule has 7 heteroatoms. The molecular weight excluding hydrogens is 312 g/mol. The minimum Gasteiger partial charge on any atom is -0.240 e. The van der Waals surface area contributed by atoms with Gasteiger partial charge in [0.1, 0.15) is 5.69 Å². The average Bonchev–Trinajstić information content (AvgIpc) is 3.25. The first-order chi connectivity index (χ1) is 11.3. The summed E-state index contributed by atoms with van der Waals surface area (Å²) in [6.45, 7) is 0. The first-order valence-electron chi connectivity index (χ1n) is 6.97. The summed E-state index contributed by atoms with van der Waals surface area (Å²) < 4.78 is 1.78. The Kier molecular flexibility index (Phi) is 3.36. The fourth-order valence-electron chi connectivity index (χ4n) is 2.38. The number of aromatic nitrogens is 6. The van der Waals surface area contributed by atoms with Crippen molar-refractivity contribution in [3.63, 3.8) is 0 Å². The molecule has 0 bridgehead atoms. The molecule has 112 valence electrons. The lowest BCUT2D eigenvalue weighted by Gasteiger charge is -2.02. The number of halogens is 1. The molecule has 1 N–H and O–H groups in total. The van der Waals surface area contributed by atoms with Crippen LogP contribution in [0.5, 0.6) is 0 Å². The van der Waals surface area contributed by atoms with Gasteiger partial charge in [0.2, 0.25) is 5.82 Å². The van der Waals surface area contributed by atoms with Crippen molar-refractivity contribution in [3.05, 3.63) is 65.8 Å². The van der Waals surface area contributed by atoms with Gasteiger partial charge in [0.05, 0.1) is 16.3 Å². The second kappa shape index (κ2) is 5.66. The van der Waals surface area contributed by atoms with Gasteiger partial charge in [-0.2, -0.15) is 10.3 Å². The lowest BCUT2D eigenvalue weighted by molar-refractivity contribution is 0.881. The van der Waals surface area contributed by atoms with E-state index in [1.165, 1.54) is 0 Å². The normalized spacial score (nSPS) is 10.8. The molecule has 23 heavy (non-hydrogen) atoms. The van der Waals surface area contributed by atoms with Crippen molar-refractivity contribution in [1.29, 1.82) is 0 Å². The number of rotatable bonds is 3. The third-order valence-corrected chi connectivity index (χ3v) is 3.78. The van der Waals surface area contributed by atoms with Gasteiger partial charge < -0.3 is 0 Å². The number of benzene rings is 2. The van der Waals surface area contributed by atoms with Gasteiger partial charge in [-0.25, -0.2) is 4.68 Å². The van der Waals surface area contributed by atoms with E-state index in [0.29, 0.717) is 16.5 Å². The Bertz CT molecular complexity index is 930. The molecular formula is C16H11ClN6. The maximum atomic E-state index is 6.33. The van der Waals surface area contributed by atoms with Crippen LogP contribution in [0.3, 0.4) is 0 Å². The Balaban J connectivity index is 1.94. The Morgan fingerprint density at radius 1 is 0.913 bits per heavy atom. The fourth-order valence-corrected chi connectivity index (χ4v) is 2.60. The highest BCUT2D eigenvalue weighted by Gasteiger charge is 2.18. The summed E-state index contributed by atoms with van der Waals surface area (Å²) in [4.78, 5) is 0. The maximum Gasteiger partial charge on any atom is 0.208 e. The van der Waals surface area contributed by atoms with Crippen LogP contribution >= 0.6 is 11.6 Å². The zero-order valence-corrected chi connectivity index (χ0v) is 12.6. The van der Waals surface area contributed by atoms with Gasteiger partial charge >= 0.3 is 0 Å². The van der Waals surface area contributed by atoms with Crippen molar-refractivity contribution in [1.82, 2.24) is 30.4 Å². The van der Waals surface area contributed by atoms with Crippen LogP contribution in [0.2, 0.25) is 5.02 Å². The van der Waals surface area contributed by atoms with E-state index < -0.39 is 0 Å². The highest BCUT2D eigenvalue weighted by Crippen LogP contribution is 2.33. The molecule has 4 rings (SSSR count). The molecule has 0 unspecified atom stereocenters. The maximum absolute atomic E-state index is 6.33. The summed E-state index contributed by atoms with van der Waals surface area (Å²) in [5.41, 5.74) is 3.23. The number of para-hydroxylation sites is 1. The quantitative estimate of drug-likeness (QED) is 0.627. The van der Waals surface area contributed by atoms with Crippen molar-refractivity contribution in [2.75, 3.05) is 0 Å². The van der Waals surface area contributed by atoms with Gasteiger partial charge in [0.15, 0.2) is 0 Å². The third-order valence-electron chi connectivity index (χ3n) is 3.45. The smallest absolute Gasteiger partial charge is 0.208 e. The number of nitrogens with one attached hydrogen (secondary N) is 1. The van der Waals surface area contributed by atoms with Gasteiger partial charge in [-0.15, -0.1) is 10.2 Å². The SMILES string of the molecule is Clc1ccccc1-c1nn(-c2ccccc2)cc1-c1nn[nH]n1. The van der Waals surface area contributed by atoms with Crippen molar-refractivity contribution in [2.24, 2.45) is 0 Å². The average molecular weight is 323 g/mol. The van der Waals surface area contributed by atoms with Gasteiger partial charge in [-0.3, -0.25) is 0 Å². The molecule has 0 fully saturated rings. The second-order valence-corrected chi connectivity index (χ2v) is 5.29. The van der Waals surface area contributed by atoms with Crippen molar-refractivity contribution in [2.45, 2.75) is 0 Å². The third kappa shape index (κ3) is 2.49. The molecule has 0 aliphatic rings. The topological polar surface area (TPSA) is 72.3 Å². The summed E-state index contributed by atoms with van der Waals surface area (Å²) in [5.74, 6) is 0.474. The number of hydrogen-bond donors (Lipinski definition) is 1. The summed E-state index contributed by atoms with van der Waals surface area (Å²) in [7, 11) is 0. The Labute approximate surface area is 136 Å². The van der Waals surface area contributed by atoms with Crippen molar-refractivity contribution >= 4 is 11.6 Å². The van der Waals surface area contributed by atoms with E-state index in [9.17, 15) is 0 Å². The summed E-state index contributed by atoms with van der Waals surface area (Å²) in [5, 5.41) is 19.5. The van der Waals surface area contributed by atoms with Gasteiger partial charge in [-0.05, 0) is 23.4 Å². The standard InChI is InChI=1S/C16H11ClN6/c17-14-9-5-4-8-12(14)15-13(16-18-21-22-19-16)10-23(20-15)11-6-2-1-3-7-11/h1-10H,(H,18,19,21,22). The summed E-state index contributed by atoms with van der Waals surface area (Å²) >= 11 is 6.33. The molecule has 2 aromatic heterocycles. The van der Waals surface area contributed by atoms with E-state index in [4.69, 9.17) is 11.6 Å². The minimum atomic E-state index is 0.474. The Morgan fingerprint density at radius 3 is 2.43 bits per heavy atom. The minimum absolute atomic E-state index is 0.474. The molecule has 0 amide bonds. The van der Waals surface area contributed by atoms with E-state index >= 15 is 0 Å². The fraction of sp³-hybridized carbons (Fsp3) is 0. The molecule has 0 saturated carbocycles. The number of hydrogen-bond acceptors (Lipinski definition) is 4. The van der Waals surface area contributed by atoms with E-state index in [2.05, 4.69) is 25.7 Å². The van der Waals surface area contributed by atoms with Crippen LogP contribution in [0.1, 0.15) is 0 Å². The van der Waals surface area contributed by atoms with E-state index in [1.807, 2.05) is 60.8 Å². The van der Waals surface area contributed by atoms with Crippen LogP contribution in [-0.2, 0) is 0 Å².